The summed E-state index contributed by atoms with van der Waals surface area (Å²) in [6.07, 6.45) is 1.59. The molecular weight excluding hydrogens is 466 g/mol. The fourth-order valence-corrected chi connectivity index (χ4v) is 7.12. The first-order chi connectivity index (χ1) is 17.9. The first-order valence-electron chi connectivity index (χ1n) is 12.0. The molecule has 4 heterocycles. The van der Waals surface area contributed by atoms with E-state index < -0.39 is 34.0 Å². The molecule has 0 saturated carbocycles. The average molecular weight is 488 g/mol. The van der Waals surface area contributed by atoms with Gasteiger partial charge in [0.15, 0.2) is 11.2 Å². The summed E-state index contributed by atoms with van der Waals surface area (Å²) in [4.78, 5) is 48.1. The molecule has 8 nitrogen and oxygen atoms in total. The summed E-state index contributed by atoms with van der Waals surface area (Å²) in [6, 6.07) is 23.9. The number of H-pyrrole nitrogens is 1. The van der Waals surface area contributed by atoms with Gasteiger partial charge in [-0.25, -0.2) is 0 Å². The number of hydrogen-bond donors (Lipinski definition) is 3. The Hall–Kier alpha value is -4.74. The van der Waals surface area contributed by atoms with Crippen LogP contribution in [0.15, 0.2) is 79.0 Å². The number of fused-ring (bicyclic) bond motifs is 6. The van der Waals surface area contributed by atoms with Crippen molar-refractivity contribution in [1.29, 1.82) is 5.26 Å². The molecule has 0 bridgehead atoms. The predicted octanol–water partition coefficient (Wildman–Crippen LogP) is 3.54. The van der Waals surface area contributed by atoms with Crippen LogP contribution in [-0.4, -0.2) is 41.1 Å². The third kappa shape index (κ3) is 2.16. The molecule has 3 atom stereocenters. The summed E-state index contributed by atoms with van der Waals surface area (Å²) in [5, 5.41) is 17.5. The third-order valence-electron chi connectivity index (χ3n) is 8.46. The molecule has 3 N–H and O–H groups in total. The molecule has 180 valence electrons. The molecule has 2 spiro atoms. The maximum atomic E-state index is 14.7. The maximum Gasteiger partial charge on any atom is 0.251 e. The summed E-state index contributed by atoms with van der Waals surface area (Å²) in [7, 11) is 1.71. The fraction of sp³-hybridized carbons (Fsp3) is 0.172. The summed E-state index contributed by atoms with van der Waals surface area (Å²) in [6.45, 7) is -0.120. The molecule has 0 unspecified atom stereocenters. The van der Waals surface area contributed by atoms with Crippen LogP contribution in [0.25, 0.3) is 10.9 Å². The SMILES string of the molecule is CN1C[C@](C#N)(C(=O)c2c[nH]c3ccccc23)[C@]2(C(=O)Nc3ccccc32)[C@@]12C(=O)Nc1ccccc12. The van der Waals surface area contributed by atoms with Crippen molar-refractivity contribution in [2.45, 2.75) is 11.0 Å². The molecule has 3 aromatic carbocycles. The van der Waals surface area contributed by atoms with Gasteiger partial charge in [-0.15, -0.1) is 0 Å². The van der Waals surface area contributed by atoms with Crippen molar-refractivity contribution in [2.24, 2.45) is 5.41 Å². The Kier molecular flexibility index (Phi) is 4.03. The van der Waals surface area contributed by atoms with Crippen LogP contribution >= 0.6 is 0 Å². The number of amides is 2. The topological polar surface area (TPSA) is 118 Å². The number of hydrogen-bond acceptors (Lipinski definition) is 5. The number of Topliss-reactive ketones (excluding diaryl/α,β-unsaturated/α-hetero) is 1. The lowest BCUT2D eigenvalue weighted by Crippen LogP contribution is -2.65. The molecule has 8 heteroatoms. The van der Waals surface area contributed by atoms with E-state index in [1.165, 1.54) is 0 Å². The van der Waals surface area contributed by atoms with Crippen molar-refractivity contribution in [3.05, 3.63) is 95.7 Å². The Morgan fingerprint density at radius 1 is 0.892 bits per heavy atom. The standard InChI is InChI=1S/C29H21N5O3/c1-34-16-27(15-30,24(35)18-14-31-21-11-5-2-8-17(18)21)28(19-9-3-6-12-22(19)32-25(28)36)29(34)20-10-4-7-13-23(20)33-26(29)37/h2-14,31H,16H2,1H3,(H,32,36)(H,33,37)/t27-,28+,29-/m1/s1. The van der Waals surface area contributed by atoms with Gasteiger partial charge >= 0.3 is 0 Å². The quantitative estimate of drug-likeness (QED) is 0.374. The van der Waals surface area contributed by atoms with Crippen molar-refractivity contribution >= 4 is 39.9 Å². The highest BCUT2D eigenvalue weighted by molar-refractivity contribution is 6.24. The van der Waals surface area contributed by atoms with Crippen molar-refractivity contribution in [3.63, 3.8) is 0 Å². The minimum atomic E-state index is -1.92. The number of nitrogens with one attached hydrogen (secondary N) is 3. The largest absolute Gasteiger partial charge is 0.360 e. The minimum absolute atomic E-state index is 0.120. The van der Waals surface area contributed by atoms with Gasteiger partial charge in [0.1, 0.15) is 11.0 Å². The predicted molar refractivity (Wildman–Crippen MR) is 137 cm³/mol. The van der Waals surface area contributed by atoms with Crippen molar-refractivity contribution in [1.82, 2.24) is 9.88 Å². The number of likely N-dealkylation sites (N-methyl/N-ethyl adjacent to an activating group) is 1. The van der Waals surface area contributed by atoms with E-state index in [0.29, 0.717) is 33.5 Å². The number of carbonyl (C=O) groups is 3. The Bertz CT molecular complexity index is 1730. The highest BCUT2D eigenvalue weighted by atomic mass is 16.2. The number of nitrogens with zero attached hydrogens (tertiary/aromatic N) is 2. The summed E-state index contributed by atoms with van der Waals surface area (Å²) in [5.74, 6) is -1.48. The maximum absolute atomic E-state index is 14.7. The van der Waals surface area contributed by atoms with E-state index in [4.69, 9.17) is 0 Å². The zero-order valence-electron chi connectivity index (χ0n) is 19.8. The van der Waals surface area contributed by atoms with E-state index in [-0.39, 0.29) is 6.54 Å². The molecule has 1 aromatic heterocycles. The molecule has 3 aliphatic rings. The molecule has 0 radical (unpaired) electrons. The van der Waals surface area contributed by atoms with Gasteiger partial charge in [0.05, 0.1) is 6.07 Å². The number of benzene rings is 3. The lowest BCUT2D eigenvalue weighted by Gasteiger charge is -2.44. The van der Waals surface area contributed by atoms with Gasteiger partial charge in [-0.2, -0.15) is 5.26 Å². The van der Waals surface area contributed by atoms with Crippen LogP contribution in [-0.2, 0) is 20.5 Å². The molecule has 1 fully saturated rings. The van der Waals surface area contributed by atoms with Gasteiger partial charge < -0.3 is 15.6 Å². The first-order valence-corrected chi connectivity index (χ1v) is 12.0. The first kappa shape index (κ1) is 21.5. The number of rotatable bonds is 2. The molecule has 0 aliphatic carbocycles. The molecule has 7 rings (SSSR count). The van der Waals surface area contributed by atoms with Gasteiger partial charge in [-0.3, -0.25) is 19.3 Å². The van der Waals surface area contributed by atoms with E-state index in [1.807, 2.05) is 24.3 Å². The molecule has 4 aromatic rings. The zero-order valence-corrected chi connectivity index (χ0v) is 19.8. The second-order valence-electron chi connectivity index (χ2n) is 9.91. The number of aromatic nitrogens is 1. The van der Waals surface area contributed by atoms with E-state index in [9.17, 15) is 19.6 Å². The minimum Gasteiger partial charge on any atom is -0.360 e. The molecule has 37 heavy (non-hydrogen) atoms. The summed E-state index contributed by atoms with van der Waals surface area (Å²) in [5.41, 5.74) is -2.26. The van der Waals surface area contributed by atoms with E-state index in [2.05, 4.69) is 21.7 Å². The van der Waals surface area contributed by atoms with Crippen LogP contribution in [0.1, 0.15) is 21.5 Å². The number of para-hydroxylation sites is 3. The van der Waals surface area contributed by atoms with Crippen LogP contribution < -0.4 is 10.6 Å². The van der Waals surface area contributed by atoms with E-state index in [1.54, 1.807) is 66.7 Å². The Morgan fingerprint density at radius 2 is 1.51 bits per heavy atom. The average Bonchev–Trinajstić information content (AvgIpc) is 3.62. The number of ketones is 1. The molecule has 3 aliphatic heterocycles. The third-order valence-corrected chi connectivity index (χ3v) is 8.46. The number of aromatic amines is 1. The van der Waals surface area contributed by atoms with Gasteiger partial charge in [-0.05, 0) is 30.8 Å². The van der Waals surface area contributed by atoms with Gasteiger partial charge in [-0.1, -0.05) is 54.6 Å². The van der Waals surface area contributed by atoms with E-state index in [0.717, 1.165) is 5.52 Å². The molecule has 1 saturated heterocycles. The number of anilines is 2. The van der Waals surface area contributed by atoms with Crippen LogP contribution in [0.3, 0.4) is 0 Å². The second kappa shape index (κ2) is 6.93. The lowest BCUT2D eigenvalue weighted by atomic mass is 9.51. The Labute approximate surface area is 211 Å². The normalized spacial score (nSPS) is 27.8. The number of carbonyl (C=O) groups excluding carboxylic acids is 3. The Morgan fingerprint density at radius 3 is 2.27 bits per heavy atom. The smallest absolute Gasteiger partial charge is 0.251 e. The van der Waals surface area contributed by atoms with Crippen LogP contribution in [0.5, 0.6) is 0 Å². The second-order valence-corrected chi connectivity index (χ2v) is 9.91. The van der Waals surface area contributed by atoms with Crippen LogP contribution in [0.4, 0.5) is 11.4 Å². The lowest BCUT2D eigenvalue weighted by molar-refractivity contribution is -0.137. The van der Waals surface area contributed by atoms with E-state index >= 15 is 0 Å². The fourth-order valence-electron chi connectivity index (χ4n) is 7.12. The van der Waals surface area contributed by atoms with Gasteiger partial charge in [0.2, 0.25) is 5.91 Å². The van der Waals surface area contributed by atoms with Crippen LogP contribution in [0.2, 0.25) is 0 Å². The Balaban J connectivity index is 1.62. The highest BCUT2D eigenvalue weighted by Gasteiger charge is 2.84. The van der Waals surface area contributed by atoms with Gasteiger partial charge in [0, 0.05) is 46.1 Å². The highest BCUT2D eigenvalue weighted by Crippen LogP contribution is 2.68. The van der Waals surface area contributed by atoms with Gasteiger partial charge in [0.25, 0.3) is 5.91 Å². The molecule has 2 amide bonds. The summed E-state index contributed by atoms with van der Waals surface area (Å²) < 4.78 is 0. The molecular formula is C29H21N5O3. The van der Waals surface area contributed by atoms with Crippen molar-refractivity contribution in [3.8, 4) is 6.07 Å². The zero-order chi connectivity index (χ0) is 25.6. The monoisotopic (exact) mass is 487 g/mol. The summed E-state index contributed by atoms with van der Waals surface area (Å²) >= 11 is 0. The van der Waals surface area contributed by atoms with Crippen molar-refractivity contribution < 1.29 is 14.4 Å². The number of likely N-dealkylation sites (tertiary alicyclic amines) is 1. The number of nitriles is 1. The van der Waals surface area contributed by atoms with Crippen LogP contribution in [0, 0.1) is 16.7 Å². The van der Waals surface area contributed by atoms with Crippen molar-refractivity contribution in [2.75, 3.05) is 24.2 Å².